The second-order valence-electron chi connectivity index (χ2n) is 8.36. The van der Waals surface area contributed by atoms with Crippen LogP contribution in [0.3, 0.4) is 0 Å². The van der Waals surface area contributed by atoms with E-state index in [9.17, 15) is 9.59 Å². The summed E-state index contributed by atoms with van der Waals surface area (Å²) in [6.45, 7) is 9.54. The van der Waals surface area contributed by atoms with Crippen molar-refractivity contribution in [1.82, 2.24) is 9.80 Å². The van der Waals surface area contributed by atoms with E-state index in [1.54, 1.807) is 11.0 Å². The highest BCUT2D eigenvalue weighted by Crippen LogP contribution is 2.22. The summed E-state index contributed by atoms with van der Waals surface area (Å²) in [6.07, 6.45) is 4.98. The van der Waals surface area contributed by atoms with Crippen LogP contribution in [-0.4, -0.2) is 60.5 Å². The molecule has 2 fully saturated rings. The normalized spacial score (nSPS) is 21.1. The number of ether oxygens (including phenoxy) is 1. The molecule has 146 valence electrons. The van der Waals surface area contributed by atoms with Crippen molar-refractivity contribution in [3.8, 4) is 0 Å². The van der Waals surface area contributed by atoms with Crippen molar-refractivity contribution in [3.05, 3.63) is 41.5 Å². The first-order valence-corrected chi connectivity index (χ1v) is 9.82. The summed E-state index contributed by atoms with van der Waals surface area (Å²) < 4.78 is 5.48. The molecule has 1 atom stereocenters. The monoisotopic (exact) mass is 370 g/mol. The van der Waals surface area contributed by atoms with E-state index in [0.29, 0.717) is 32.8 Å². The summed E-state index contributed by atoms with van der Waals surface area (Å²) in [4.78, 5) is 28.4. The minimum Gasteiger partial charge on any atom is -0.368 e. The number of hydrogen-bond donors (Lipinski definition) is 0. The number of nitrogens with zero attached hydrogens (tertiary/aromatic N) is 2. The molecule has 2 aliphatic rings. The predicted octanol–water partition coefficient (Wildman–Crippen LogP) is 2.85. The molecule has 2 heterocycles. The summed E-state index contributed by atoms with van der Waals surface area (Å²) in [5.41, 5.74) is 2.42. The lowest BCUT2D eigenvalue weighted by Crippen LogP contribution is -2.52. The maximum absolute atomic E-state index is 12.4. The Morgan fingerprint density at radius 3 is 2.22 bits per heavy atom. The third kappa shape index (κ3) is 4.98. The van der Waals surface area contributed by atoms with Crippen molar-refractivity contribution in [1.29, 1.82) is 0 Å². The number of rotatable bonds is 3. The fraction of sp³-hybridized carbons (Fsp3) is 0.545. The first-order chi connectivity index (χ1) is 12.8. The van der Waals surface area contributed by atoms with Gasteiger partial charge in [-0.3, -0.25) is 9.59 Å². The molecule has 0 spiro atoms. The van der Waals surface area contributed by atoms with Gasteiger partial charge in [0.1, 0.15) is 6.10 Å². The Morgan fingerprint density at radius 2 is 1.67 bits per heavy atom. The number of benzene rings is 1. The van der Waals surface area contributed by atoms with Crippen molar-refractivity contribution in [2.24, 2.45) is 0 Å². The average Bonchev–Trinajstić information content (AvgIpc) is 3.20. The second-order valence-corrected chi connectivity index (χ2v) is 8.36. The maximum atomic E-state index is 12.4. The van der Waals surface area contributed by atoms with Crippen LogP contribution in [0.15, 0.2) is 30.3 Å². The lowest BCUT2D eigenvalue weighted by molar-refractivity contribution is -0.144. The summed E-state index contributed by atoms with van der Waals surface area (Å²) >= 11 is 0. The molecule has 1 aromatic carbocycles. The topological polar surface area (TPSA) is 49.9 Å². The number of carbonyl (C=O) groups is 2. The zero-order valence-electron chi connectivity index (χ0n) is 16.6. The molecule has 0 bridgehead atoms. The fourth-order valence-electron chi connectivity index (χ4n) is 3.49. The van der Waals surface area contributed by atoms with Crippen LogP contribution in [-0.2, 0) is 19.7 Å². The summed E-state index contributed by atoms with van der Waals surface area (Å²) in [7, 11) is 0. The van der Waals surface area contributed by atoms with Gasteiger partial charge in [0.2, 0.25) is 5.91 Å². The van der Waals surface area contributed by atoms with Crippen molar-refractivity contribution >= 4 is 17.9 Å². The van der Waals surface area contributed by atoms with Crippen molar-refractivity contribution in [3.63, 3.8) is 0 Å². The Labute approximate surface area is 162 Å². The average molecular weight is 370 g/mol. The lowest BCUT2D eigenvalue weighted by atomic mass is 9.87. The first-order valence-electron chi connectivity index (χ1n) is 9.82. The zero-order chi connectivity index (χ0) is 19.4. The van der Waals surface area contributed by atoms with E-state index in [1.807, 2.05) is 23.1 Å². The van der Waals surface area contributed by atoms with E-state index in [4.69, 9.17) is 4.74 Å². The molecule has 5 heteroatoms. The molecule has 3 rings (SSSR count). The predicted molar refractivity (Wildman–Crippen MR) is 106 cm³/mol. The third-order valence-electron chi connectivity index (χ3n) is 5.30. The highest BCUT2D eigenvalue weighted by molar-refractivity contribution is 5.92. The van der Waals surface area contributed by atoms with Gasteiger partial charge in [0.25, 0.3) is 5.91 Å². The van der Waals surface area contributed by atoms with Crippen molar-refractivity contribution in [2.45, 2.75) is 45.1 Å². The molecule has 1 aromatic rings. The fourth-order valence-corrected chi connectivity index (χ4v) is 3.49. The lowest BCUT2D eigenvalue weighted by Gasteiger charge is -2.35. The van der Waals surface area contributed by atoms with Crippen LogP contribution < -0.4 is 0 Å². The Bertz CT molecular complexity index is 689. The molecule has 0 aliphatic carbocycles. The van der Waals surface area contributed by atoms with Gasteiger partial charge in [-0.25, -0.2) is 0 Å². The van der Waals surface area contributed by atoms with Crippen LogP contribution in [0, 0.1) is 0 Å². The van der Waals surface area contributed by atoms with Gasteiger partial charge in [-0.05, 0) is 35.5 Å². The van der Waals surface area contributed by atoms with Gasteiger partial charge < -0.3 is 14.5 Å². The third-order valence-corrected chi connectivity index (χ3v) is 5.30. The van der Waals surface area contributed by atoms with Gasteiger partial charge in [0.15, 0.2) is 0 Å². The van der Waals surface area contributed by atoms with E-state index in [0.717, 1.165) is 18.4 Å². The van der Waals surface area contributed by atoms with Crippen LogP contribution >= 0.6 is 0 Å². The number of piperazine rings is 1. The Kier molecular flexibility index (Phi) is 6.00. The molecule has 5 nitrogen and oxygen atoms in total. The van der Waals surface area contributed by atoms with Crippen LogP contribution in [0.5, 0.6) is 0 Å². The molecule has 0 N–H and O–H groups in total. The summed E-state index contributed by atoms with van der Waals surface area (Å²) in [5, 5.41) is 0. The minimum atomic E-state index is -0.275. The van der Waals surface area contributed by atoms with Crippen LogP contribution in [0.25, 0.3) is 6.08 Å². The van der Waals surface area contributed by atoms with Crippen molar-refractivity contribution in [2.75, 3.05) is 32.8 Å². The number of carbonyl (C=O) groups excluding carboxylic acids is 2. The molecular formula is C22H30N2O3. The molecule has 2 amide bonds. The van der Waals surface area contributed by atoms with Gasteiger partial charge in [0.05, 0.1) is 0 Å². The Hall–Kier alpha value is -2.14. The van der Waals surface area contributed by atoms with E-state index >= 15 is 0 Å². The molecule has 1 unspecified atom stereocenters. The van der Waals surface area contributed by atoms with Crippen LogP contribution in [0.4, 0.5) is 0 Å². The molecule has 2 aliphatic heterocycles. The standard InChI is InChI=1S/C22H30N2O3/c1-22(2,3)18-9-6-17(7-10-18)8-11-20(25)23-12-14-24(15-13-23)21(26)19-5-4-16-27-19/h6-11,19H,4-5,12-16H2,1-3H3/b11-8+. The first kappa shape index (κ1) is 19.6. The smallest absolute Gasteiger partial charge is 0.251 e. The zero-order valence-corrected chi connectivity index (χ0v) is 16.6. The van der Waals surface area contributed by atoms with Gasteiger partial charge in [-0.1, -0.05) is 45.0 Å². The second kappa shape index (κ2) is 8.26. The highest BCUT2D eigenvalue weighted by atomic mass is 16.5. The number of hydrogen-bond acceptors (Lipinski definition) is 3. The largest absolute Gasteiger partial charge is 0.368 e. The van der Waals surface area contributed by atoms with Gasteiger partial charge in [-0.15, -0.1) is 0 Å². The van der Waals surface area contributed by atoms with E-state index in [2.05, 4.69) is 32.9 Å². The minimum absolute atomic E-state index is 0.000821. The van der Waals surface area contributed by atoms with Gasteiger partial charge >= 0.3 is 0 Å². The quantitative estimate of drug-likeness (QED) is 0.769. The molecule has 0 radical (unpaired) electrons. The van der Waals surface area contributed by atoms with Crippen molar-refractivity contribution < 1.29 is 14.3 Å². The molecular weight excluding hydrogens is 340 g/mol. The summed E-state index contributed by atoms with van der Waals surface area (Å²) in [5.74, 6) is 0.0770. The maximum Gasteiger partial charge on any atom is 0.251 e. The van der Waals surface area contributed by atoms with E-state index in [1.165, 1.54) is 5.56 Å². The molecule has 0 aromatic heterocycles. The molecule has 0 saturated carbocycles. The highest BCUT2D eigenvalue weighted by Gasteiger charge is 2.30. The Balaban J connectivity index is 1.50. The summed E-state index contributed by atoms with van der Waals surface area (Å²) in [6, 6.07) is 8.31. The molecule has 2 saturated heterocycles. The van der Waals surface area contributed by atoms with Crippen LogP contribution in [0.1, 0.15) is 44.7 Å². The number of amides is 2. The van der Waals surface area contributed by atoms with E-state index in [-0.39, 0.29) is 23.3 Å². The van der Waals surface area contributed by atoms with Gasteiger partial charge in [-0.2, -0.15) is 0 Å². The Morgan fingerprint density at radius 1 is 1.04 bits per heavy atom. The van der Waals surface area contributed by atoms with Gasteiger partial charge in [0, 0.05) is 38.9 Å². The SMILES string of the molecule is CC(C)(C)c1ccc(/C=C/C(=O)N2CCN(C(=O)C3CCCO3)CC2)cc1. The van der Waals surface area contributed by atoms with Crippen LogP contribution in [0.2, 0.25) is 0 Å². The van der Waals surface area contributed by atoms with E-state index < -0.39 is 0 Å². The molecule has 27 heavy (non-hydrogen) atoms.